The van der Waals surface area contributed by atoms with Crippen LogP contribution in [0.1, 0.15) is 30.0 Å². The number of fused-ring (bicyclic) bond motifs is 1. The molecule has 0 aliphatic heterocycles. The molecule has 3 aromatic rings. The summed E-state index contributed by atoms with van der Waals surface area (Å²) in [5, 5.41) is 3.71. The first-order valence-electron chi connectivity index (χ1n) is 8.46. The number of nitrogens with zero attached hydrogens (tertiary/aromatic N) is 1. The van der Waals surface area contributed by atoms with Gasteiger partial charge in [-0.15, -0.1) is 11.3 Å². The third-order valence-corrected chi connectivity index (χ3v) is 5.02. The smallest absolute Gasteiger partial charge is 0.306 e. The first kappa shape index (κ1) is 18.1. The van der Waals surface area contributed by atoms with Crippen molar-refractivity contribution in [3.05, 3.63) is 65.2 Å². The summed E-state index contributed by atoms with van der Waals surface area (Å²) < 4.78 is 6.16. The number of aryl methyl sites for hydroxylation is 1. The minimum absolute atomic E-state index is 0.134. The third-order valence-electron chi connectivity index (χ3n) is 3.92. The summed E-state index contributed by atoms with van der Waals surface area (Å²) in [6, 6.07) is 17.4. The Hall–Kier alpha value is -2.73. The van der Waals surface area contributed by atoms with Crippen LogP contribution in [0.5, 0.6) is 0 Å². The quantitative estimate of drug-likeness (QED) is 0.647. The van der Waals surface area contributed by atoms with E-state index in [4.69, 9.17) is 4.74 Å². The maximum atomic E-state index is 11.9. The number of benzene rings is 2. The van der Waals surface area contributed by atoms with E-state index in [9.17, 15) is 9.59 Å². The van der Waals surface area contributed by atoms with Gasteiger partial charge in [-0.1, -0.05) is 42.5 Å². The predicted octanol–water partition coefficient (Wildman–Crippen LogP) is 3.65. The molecular weight excluding hydrogens is 348 g/mol. The number of carbonyl (C=O) groups is 2. The summed E-state index contributed by atoms with van der Waals surface area (Å²) in [4.78, 5) is 28.3. The SMILES string of the molecule is C[C@@H](NC(=O)COC(=O)CCc1nc2ccccc2s1)c1ccccc1. The Morgan fingerprint density at radius 1 is 1.12 bits per heavy atom. The number of carbonyl (C=O) groups excluding carboxylic acids is 2. The Kier molecular flexibility index (Phi) is 5.96. The molecule has 134 valence electrons. The molecule has 0 spiro atoms. The first-order valence-corrected chi connectivity index (χ1v) is 9.28. The molecule has 1 N–H and O–H groups in total. The second-order valence-electron chi connectivity index (χ2n) is 5.94. The molecule has 1 aromatic heterocycles. The fourth-order valence-corrected chi connectivity index (χ4v) is 3.53. The molecule has 1 amide bonds. The molecule has 1 atom stereocenters. The second-order valence-corrected chi connectivity index (χ2v) is 7.05. The van der Waals surface area contributed by atoms with Crippen LogP contribution in [-0.2, 0) is 20.7 Å². The van der Waals surface area contributed by atoms with Gasteiger partial charge in [0.05, 0.1) is 27.7 Å². The Morgan fingerprint density at radius 2 is 1.85 bits per heavy atom. The van der Waals surface area contributed by atoms with E-state index < -0.39 is 5.97 Å². The maximum Gasteiger partial charge on any atom is 0.306 e. The predicted molar refractivity (Wildman–Crippen MR) is 102 cm³/mol. The van der Waals surface area contributed by atoms with E-state index >= 15 is 0 Å². The summed E-state index contributed by atoms with van der Waals surface area (Å²) in [7, 11) is 0. The van der Waals surface area contributed by atoms with Crippen LogP contribution in [0.15, 0.2) is 54.6 Å². The van der Waals surface area contributed by atoms with Crippen molar-refractivity contribution in [2.45, 2.75) is 25.8 Å². The molecular formula is C20H20N2O3S. The number of para-hydroxylation sites is 1. The van der Waals surface area contributed by atoms with Gasteiger partial charge < -0.3 is 10.1 Å². The van der Waals surface area contributed by atoms with E-state index in [0.29, 0.717) is 6.42 Å². The zero-order valence-corrected chi connectivity index (χ0v) is 15.3. The minimum Gasteiger partial charge on any atom is -0.456 e. The van der Waals surface area contributed by atoms with Crippen LogP contribution >= 0.6 is 11.3 Å². The summed E-state index contributed by atoms with van der Waals surface area (Å²) in [6.07, 6.45) is 0.724. The Morgan fingerprint density at radius 3 is 2.62 bits per heavy atom. The summed E-state index contributed by atoms with van der Waals surface area (Å²) in [6.45, 7) is 1.62. The number of aromatic nitrogens is 1. The maximum absolute atomic E-state index is 11.9. The van der Waals surface area contributed by atoms with E-state index in [-0.39, 0.29) is 25.0 Å². The lowest BCUT2D eigenvalue weighted by Crippen LogP contribution is -2.31. The molecule has 0 radical (unpaired) electrons. The number of ether oxygens (including phenoxy) is 1. The highest BCUT2D eigenvalue weighted by Crippen LogP contribution is 2.22. The largest absolute Gasteiger partial charge is 0.456 e. The van der Waals surface area contributed by atoms with Gasteiger partial charge in [0, 0.05) is 6.42 Å². The fraction of sp³-hybridized carbons (Fsp3) is 0.250. The van der Waals surface area contributed by atoms with Gasteiger partial charge in [-0.05, 0) is 24.6 Å². The van der Waals surface area contributed by atoms with Gasteiger partial charge in [0.25, 0.3) is 5.91 Å². The Balaban J connectivity index is 1.41. The van der Waals surface area contributed by atoms with Crippen LogP contribution < -0.4 is 5.32 Å². The first-order chi connectivity index (χ1) is 12.6. The zero-order valence-electron chi connectivity index (χ0n) is 14.5. The normalized spacial score (nSPS) is 11.9. The average Bonchev–Trinajstić information content (AvgIpc) is 3.08. The van der Waals surface area contributed by atoms with Gasteiger partial charge in [-0.2, -0.15) is 0 Å². The molecule has 0 aliphatic rings. The Labute approximate surface area is 156 Å². The van der Waals surface area contributed by atoms with Crippen molar-refractivity contribution in [1.82, 2.24) is 10.3 Å². The lowest BCUT2D eigenvalue weighted by Gasteiger charge is -2.14. The second kappa shape index (κ2) is 8.58. The van der Waals surface area contributed by atoms with Crippen molar-refractivity contribution >= 4 is 33.4 Å². The van der Waals surface area contributed by atoms with Crippen LogP contribution in [0.3, 0.4) is 0 Å². The summed E-state index contributed by atoms with van der Waals surface area (Å²) in [5.74, 6) is -0.707. The standard InChI is InChI=1S/C20H20N2O3S/c1-14(15-7-3-2-4-8-15)21-18(23)13-25-20(24)12-11-19-22-16-9-5-6-10-17(16)26-19/h2-10,14H,11-13H2,1H3,(H,21,23)/t14-/m1/s1. The van der Waals surface area contributed by atoms with Gasteiger partial charge in [0.2, 0.25) is 0 Å². The number of rotatable bonds is 7. The van der Waals surface area contributed by atoms with E-state index in [0.717, 1.165) is 20.8 Å². The zero-order chi connectivity index (χ0) is 18.4. The number of esters is 1. The highest BCUT2D eigenvalue weighted by atomic mass is 32.1. The van der Waals surface area contributed by atoms with Crippen molar-refractivity contribution in [3.8, 4) is 0 Å². The lowest BCUT2D eigenvalue weighted by molar-refractivity contribution is -0.148. The van der Waals surface area contributed by atoms with Crippen molar-refractivity contribution < 1.29 is 14.3 Å². The molecule has 5 nitrogen and oxygen atoms in total. The van der Waals surface area contributed by atoms with Gasteiger partial charge in [-0.25, -0.2) is 4.98 Å². The van der Waals surface area contributed by atoms with Crippen molar-refractivity contribution in [2.75, 3.05) is 6.61 Å². The lowest BCUT2D eigenvalue weighted by atomic mass is 10.1. The number of hydrogen-bond donors (Lipinski definition) is 1. The van der Waals surface area contributed by atoms with E-state index in [1.54, 1.807) is 11.3 Å². The number of hydrogen-bond acceptors (Lipinski definition) is 5. The van der Waals surface area contributed by atoms with Gasteiger partial charge in [0.15, 0.2) is 6.61 Å². The highest BCUT2D eigenvalue weighted by molar-refractivity contribution is 7.18. The molecule has 26 heavy (non-hydrogen) atoms. The minimum atomic E-state index is -0.397. The fourth-order valence-electron chi connectivity index (χ4n) is 2.56. The van der Waals surface area contributed by atoms with E-state index in [1.807, 2.05) is 61.5 Å². The van der Waals surface area contributed by atoms with Crippen LogP contribution in [0.25, 0.3) is 10.2 Å². The van der Waals surface area contributed by atoms with Gasteiger partial charge in [-0.3, -0.25) is 9.59 Å². The molecule has 0 saturated carbocycles. The average molecular weight is 368 g/mol. The topological polar surface area (TPSA) is 68.3 Å². The molecule has 1 heterocycles. The van der Waals surface area contributed by atoms with Gasteiger partial charge >= 0.3 is 5.97 Å². The molecule has 0 fully saturated rings. The third kappa shape index (κ3) is 4.89. The van der Waals surface area contributed by atoms with Crippen LogP contribution in [0.4, 0.5) is 0 Å². The number of amides is 1. The molecule has 3 rings (SSSR count). The molecule has 0 bridgehead atoms. The van der Waals surface area contributed by atoms with Crippen molar-refractivity contribution in [1.29, 1.82) is 0 Å². The number of thiazole rings is 1. The summed E-state index contributed by atoms with van der Waals surface area (Å²) in [5.41, 5.74) is 1.94. The van der Waals surface area contributed by atoms with Crippen LogP contribution in [0.2, 0.25) is 0 Å². The van der Waals surface area contributed by atoms with E-state index in [1.165, 1.54) is 0 Å². The summed E-state index contributed by atoms with van der Waals surface area (Å²) >= 11 is 1.57. The van der Waals surface area contributed by atoms with E-state index in [2.05, 4.69) is 10.3 Å². The number of nitrogens with one attached hydrogen (secondary N) is 1. The van der Waals surface area contributed by atoms with Crippen molar-refractivity contribution in [2.24, 2.45) is 0 Å². The molecule has 0 unspecified atom stereocenters. The monoisotopic (exact) mass is 368 g/mol. The van der Waals surface area contributed by atoms with Gasteiger partial charge in [0.1, 0.15) is 0 Å². The Bertz CT molecular complexity index is 859. The van der Waals surface area contributed by atoms with Crippen LogP contribution in [-0.4, -0.2) is 23.5 Å². The molecule has 2 aromatic carbocycles. The van der Waals surface area contributed by atoms with Crippen molar-refractivity contribution in [3.63, 3.8) is 0 Å². The molecule has 0 aliphatic carbocycles. The van der Waals surface area contributed by atoms with Crippen LogP contribution in [0, 0.1) is 0 Å². The molecule has 6 heteroatoms. The highest BCUT2D eigenvalue weighted by Gasteiger charge is 2.12. The molecule has 0 saturated heterocycles.